The van der Waals surface area contributed by atoms with Crippen LogP contribution in [0.25, 0.3) is 10.9 Å². The lowest BCUT2D eigenvalue weighted by Gasteiger charge is -2.27. The fourth-order valence-electron chi connectivity index (χ4n) is 3.05. The predicted octanol–water partition coefficient (Wildman–Crippen LogP) is 3.13. The summed E-state index contributed by atoms with van der Waals surface area (Å²) < 4.78 is 8.09. The van der Waals surface area contributed by atoms with Gasteiger partial charge in [0.1, 0.15) is 5.56 Å². The minimum atomic E-state index is -0.546. The van der Waals surface area contributed by atoms with Gasteiger partial charge in [-0.25, -0.2) is 4.79 Å². The van der Waals surface area contributed by atoms with E-state index in [1.807, 2.05) is 18.2 Å². The number of ether oxygens (including phenoxy) is 1. The van der Waals surface area contributed by atoms with Crippen molar-refractivity contribution in [3.8, 4) is 0 Å². The largest absolute Gasteiger partial charge is 0.462 e. The molecular weight excluding hydrogens is 443 g/mol. The Morgan fingerprint density at radius 2 is 2.25 bits per heavy atom. The lowest BCUT2D eigenvalue weighted by atomic mass is 10.0. The van der Waals surface area contributed by atoms with Crippen molar-refractivity contribution in [3.05, 3.63) is 43.8 Å². The molecule has 2 heterocycles. The van der Waals surface area contributed by atoms with E-state index in [9.17, 15) is 9.59 Å². The van der Waals surface area contributed by atoms with Crippen molar-refractivity contribution < 1.29 is 9.53 Å². The number of carbonyl (C=O) groups excluding carboxylic acids is 1. The molecule has 0 bridgehead atoms. The molecule has 1 aromatic carbocycles. The topological polar surface area (TPSA) is 60.3 Å². The Bertz CT molecular complexity index is 800. The molecule has 0 aliphatic carbocycles. The fraction of sp³-hybridized carbons (Fsp3) is 0.412. The first kappa shape index (κ1) is 19.2. The second kappa shape index (κ2) is 8.31. The Labute approximate surface area is 160 Å². The highest BCUT2D eigenvalue weighted by molar-refractivity contribution is 14.1. The maximum absolute atomic E-state index is 12.7. The Kier molecular flexibility index (Phi) is 6.65. The zero-order valence-electron chi connectivity index (χ0n) is 13.4. The summed E-state index contributed by atoms with van der Waals surface area (Å²) in [5, 5.41) is 3.96. The molecule has 0 amide bonds. The van der Waals surface area contributed by atoms with E-state index in [2.05, 4.69) is 32.5 Å². The van der Waals surface area contributed by atoms with Crippen LogP contribution in [0.5, 0.6) is 0 Å². The number of fused-ring (bicyclic) bond motifs is 1. The number of rotatable bonds is 3. The summed E-state index contributed by atoms with van der Waals surface area (Å²) in [5.74, 6) is -0.546. The number of esters is 1. The highest BCUT2D eigenvalue weighted by Gasteiger charge is 2.21. The van der Waals surface area contributed by atoms with Gasteiger partial charge in [-0.15, -0.1) is 12.4 Å². The fourth-order valence-corrected chi connectivity index (χ4v) is 3.55. The number of nitrogens with zero attached hydrogens (tertiary/aromatic N) is 1. The van der Waals surface area contributed by atoms with E-state index in [-0.39, 0.29) is 36.0 Å². The van der Waals surface area contributed by atoms with Crippen molar-refractivity contribution in [2.45, 2.75) is 25.8 Å². The van der Waals surface area contributed by atoms with Crippen LogP contribution in [0.4, 0.5) is 0 Å². The van der Waals surface area contributed by atoms with Crippen molar-refractivity contribution in [3.63, 3.8) is 0 Å². The molecule has 5 nitrogen and oxygen atoms in total. The predicted molar refractivity (Wildman–Crippen MR) is 105 cm³/mol. The van der Waals surface area contributed by atoms with Crippen molar-refractivity contribution in [1.82, 2.24) is 9.88 Å². The van der Waals surface area contributed by atoms with Crippen LogP contribution in [-0.4, -0.2) is 30.2 Å². The highest BCUT2D eigenvalue weighted by Crippen LogP contribution is 2.23. The van der Waals surface area contributed by atoms with Gasteiger partial charge in [-0.3, -0.25) is 4.79 Å². The van der Waals surface area contributed by atoms with Gasteiger partial charge in [0.2, 0.25) is 5.43 Å². The van der Waals surface area contributed by atoms with Crippen LogP contribution in [0.3, 0.4) is 0 Å². The van der Waals surface area contributed by atoms with Crippen LogP contribution in [0.15, 0.2) is 29.2 Å². The second-order valence-electron chi connectivity index (χ2n) is 5.66. The highest BCUT2D eigenvalue weighted by atomic mass is 127. The Morgan fingerprint density at radius 1 is 1.46 bits per heavy atom. The molecule has 2 aromatic rings. The Morgan fingerprint density at radius 3 is 2.92 bits per heavy atom. The standard InChI is InChI=1S/C17H19IN2O3.ClH/c1-2-23-17(22)14-10-20(12-4-3-7-19-9-12)15-6-5-11(18)8-13(15)16(14)21;/h5-6,8,10,12,19H,2-4,7,9H2,1H3;1H. The van der Waals surface area contributed by atoms with E-state index >= 15 is 0 Å². The summed E-state index contributed by atoms with van der Waals surface area (Å²) in [6.07, 6.45) is 3.78. The van der Waals surface area contributed by atoms with Gasteiger partial charge >= 0.3 is 5.97 Å². The molecule has 7 heteroatoms. The number of aromatic nitrogens is 1. The zero-order valence-corrected chi connectivity index (χ0v) is 16.4. The van der Waals surface area contributed by atoms with Gasteiger partial charge in [0.15, 0.2) is 0 Å². The number of carbonyl (C=O) groups is 1. The lowest BCUT2D eigenvalue weighted by Crippen LogP contribution is -2.33. The third-order valence-electron chi connectivity index (χ3n) is 4.15. The summed E-state index contributed by atoms with van der Waals surface area (Å²) in [6, 6.07) is 6.02. The molecule has 130 valence electrons. The molecule has 1 aliphatic heterocycles. The molecule has 0 spiro atoms. The third kappa shape index (κ3) is 3.75. The lowest BCUT2D eigenvalue weighted by molar-refractivity contribution is 0.0524. The molecule has 1 aliphatic rings. The number of piperidine rings is 1. The van der Waals surface area contributed by atoms with E-state index in [1.165, 1.54) is 0 Å². The molecule has 1 saturated heterocycles. The average Bonchev–Trinajstić information content (AvgIpc) is 2.56. The molecule has 1 unspecified atom stereocenters. The minimum Gasteiger partial charge on any atom is -0.462 e. The van der Waals surface area contributed by atoms with Crippen LogP contribution >= 0.6 is 35.0 Å². The number of hydrogen-bond acceptors (Lipinski definition) is 4. The van der Waals surface area contributed by atoms with Crippen LogP contribution in [-0.2, 0) is 4.74 Å². The molecule has 1 fully saturated rings. The minimum absolute atomic E-state index is 0. The van der Waals surface area contributed by atoms with E-state index in [0.717, 1.165) is 35.0 Å². The van der Waals surface area contributed by atoms with Crippen LogP contribution in [0, 0.1) is 3.57 Å². The monoisotopic (exact) mass is 462 g/mol. The van der Waals surface area contributed by atoms with Gasteiger partial charge < -0.3 is 14.6 Å². The smallest absolute Gasteiger partial charge is 0.343 e. The molecule has 0 saturated carbocycles. The number of hydrogen-bond donors (Lipinski definition) is 1. The van der Waals surface area contributed by atoms with Crippen LogP contribution in [0.2, 0.25) is 0 Å². The summed E-state index contributed by atoms with van der Waals surface area (Å²) in [7, 11) is 0. The summed E-state index contributed by atoms with van der Waals surface area (Å²) in [5.41, 5.74) is 0.737. The van der Waals surface area contributed by atoms with Crippen LogP contribution in [0.1, 0.15) is 36.2 Å². The van der Waals surface area contributed by atoms with Gasteiger partial charge in [0.05, 0.1) is 12.1 Å². The number of pyridine rings is 1. The number of benzene rings is 1. The zero-order chi connectivity index (χ0) is 16.4. The summed E-state index contributed by atoms with van der Waals surface area (Å²) in [4.78, 5) is 24.9. The molecule has 1 aromatic heterocycles. The average molecular weight is 463 g/mol. The van der Waals surface area contributed by atoms with Gasteiger partial charge in [0.25, 0.3) is 0 Å². The normalized spacial score (nSPS) is 17.3. The molecule has 24 heavy (non-hydrogen) atoms. The maximum Gasteiger partial charge on any atom is 0.343 e. The van der Waals surface area contributed by atoms with E-state index in [4.69, 9.17) is 4.74 Å². The number of halogens is 2. The van der Waals surface area contributed by atoms with E-state index in [1.54, 1.807) is 13.1 Å². The van der Waals surface area contributed by atoms with Crippen molar-refractivity contribution in [1.29, 1.82) is 0 Å². The summed E-state index contributed by atoms with van der Waals surface area (Å²) >= 11 is 2.18. The second-order valence-corrected chi connectivity index (χ2v) is 6.91. The first-order chi connectivity index (χ1) is 11.1. The Hall–Kier alpha value is -1.12. The van der Waals surface area contributed by atoms with Crippen molar-refractivity contribution in [2.24, 2.45) is 0 Å². The van der Waals surface area contributed by atoms with Gasteiger partial charge in [-0.05, 0) is 67.1 Å². The van der Waals surface area contributed by atoms with Gasteiger partial charge in [0, 0.05) is 27.7 Å². The van der Waals surface area contributed by atoms with E-state index < -0.39 is 5.97 Å². The maximum atomic E-state index is 12.7. The molecule has 1 N–H and O–H groups in total. The first-order valence-electron chi connectivity index (χ1n) is 7.84. The SMILES string of the molecule is CCOC(=O)c1cn(C2CCCNC2)c2ccc(I)cc2c1=O.Cl. The number of nitrogens with one attached hydrogen (secondary N) is 1. The summed E-state index contributed by atoms with van der Waals surface area (Å²) in [6.45, 7) is 3.85. The van der Waals surface area contributed by atoms with Gasteiger partial charge in [-0.1, -0.05) is 0 Å². The van der Waals surface area contributed by atoms with Crippen LogP contribution < -0.4 is 10.7 Å². The molecule has 0 radical (unpaired) electrons. The first-order valence-corrected chi connectivity index (χ1v) is 8.92. The quantitative estimate of drug-likeness (QED) is 0.562. The molecular formula is C17H20ClIN2O3. The Balaban J connectivity index is 0.00000208. The van der Waals surface area contributed by atoms with Gasteiger partial charge in [-0.2, -0.15) is 0 Å². The van der Waals surface area contributed by atoms with Crippen molar-refractivity contribution in [2.75, 3.05) is 19.7 Å². The molecule has 3 rings (SSSR count). The third-order valence-corrected chi connectivity index (χ3v) is 4.82. The van der Waals surface area contributed by atoms with Crippen molar-refractivity contribution >= 4 is 51.9 Å². The van der Waals surface area contributed by atoms with E-state index in [0.29, 0.717) is 5.39 Å². The molecule has 1 atom stereocenters.